The Bertz CT molecular complexity index is 1140. The van der Waals surface area contributed by atoms with Gasteiger partial charge in [0.2, 0.25) is 12.3 Å². The van der Waals surface area contributed by atoms with E-state index >= 15 is 0 Å². The van der Waals surface area contributed by atoms with Gasteiger partial charge in [-0.2, -0.15) is 4.98 Å². The smallest absolute Gasteiger partial charge is 0.262 e. The molecule has 9 heteroatoms. The standard InChI is InChI=1S/C21H20F2N4O3/c1-29-13-6-16-24-14(20-9-21(10-20,11-20)19(22)23)8-27(16)7-12(13)18(28)26-15-4-3-5-17(25-15)30-2/h3-8,19H,9-11H2,1-2H3,(H,25,26,28). The third-order valence-corrected chi connectivity index (χ3v) is 6.27. The van der Waals surface area contributed by atoms with Crippen LogP contribution in [0.3, 0.4) is 0 Å². The van der Waals surface area contributed by atoms with Crippen LogP contribution in [0.4, 0.5) is 14.6 Å². The van der Waals surface area contributed by atoms with Gasteiger partial charge >= 0.3 is 0 Å². The summed E-state index contributed by atoms with van der Waals surface area (Å²) in [5, 5.41) is 2.73. The van der Waals surface area contributed by atoms with Crippen molar-refractivity contribution in [2.75, 3.05) is 19.5 Å². The van der Waals surface area contributed by atoms with Gasteiger partial charge in [0, 0.05) is 35.4 Å². The lowest BCUT2D eigenvalue weighted by molar-refractivity contribution is -0.223. The molecule has 0 radical (unpaired) electrons. The van der Waals surface area contributed by atoms with Crippen LogP contribution >= 0.6 is 0 Å². The fraction of sp³-hybridized carbons (Fsp3) is 0.381. The lowest BCUT2D eigenvalue weighted by Crippen LogP contribution is -2.67. The molecule has 1 amide bonds. The Morgan fingerprint density at radius 2 is 1.93 bits per heavy atom. The number of carbonyl (C=O) groups is 1. The molecule has 30 heavy (non-hydrogen) atoms. The molecule has 3 heterocycles. The Hall–Kier alpha value is -3.23. The average molecular weight is 414 g/mol. The van der Waals surface area contributed by atoms with Crippen LogP contribution in [-0.2, 0) is 5.41 Å². The van der Waals surface area contributed by atoms with Crippen molar-refractivity contribution in [2.45, 2.75) is 31.1 Å². The largest absolute Gasteiger partial charge is 0.496 e. The summed E-state index contributed by atoms with van der Waals surface area (Å²) >= 11 is 0. The number of hydrogen-bond acceptors (Lipinski definition) is 5. The molecular formula is C21H20F2N4O3. The minimum Gasteiger partial charge on any atom is -0.496 e. The van der Waals surface area contributed by atoms with E-state index in [0.717, 1.165) is 5.69 Å². The zero-order valence-electron chi connectivity index (χ0n) is 16.5. The number of ether oxygens (including phenoxy) is 2. The van der Waals surface area contributed by atoms with Crippen LogP contribution in [0.15, 0.2) is 36.7 Å². The van der Waals surface area contributed by atoms with Crippen molar-refractivity contribution in [3.05, 3.63) is 47.9 Å². The van der Waals surface area contributed by atoms with Crippen LogP contribution in [0.2, 0.25) is 0 Å². The molecule has 3 aliphatic rings. The number of nitrogens with one attached hydrogen (secondary N) is 1. The van der Waals surface area contributed by atoms with Gasteiger partial charge in [0.15, 0.2) is 0 Å². The summed E-state index contributed by atoms with van der Waals surface area (Å²) in [6.45, 7) is 0. The van der Waals surface area contributed by atoms with E-state index < -0.39 is 17.7 Å². The molecule has 1 N–H and O–H groups in total. The predicted octanol–water partition coefficient (Wildman–Crippen LogP) is 3.69. The Kier molecular flexibility index (Phi) is 4.00. The van der Waals surface area contributed by atoms with Gasteiger partial charge in [0.05, 0.1) is 25.5 Å². The van der Waals surface area contributed by atoms with Crippen molar-refractivity contribution >= 4 is 17.4 Å². The Morgan fingerprint density at radius 1 is 1.17 bits per heavy atom. The van der Waals surface area contributed by atoms with E-state index in [-0.39, 0.29) is 5.41 Å². The Labute approximate surface area is 171 Å². The molecule has 3 aromatic heterocycles. The van der Waals surface area contributed by atoms with Crippen LogP contribution in [-0.4, -0.2) is 40.9 Å². The van der Waals surface area contributed by atoms with Gasteiger partial charge in [-0.3, -0.25) is 4.79 Å². The van der Waals surface area contributed by atoms with Crippen molar-refractivity contribution in [3.63, 3.8) is 0 Å². The number of methoxy groups -OCH3 is 2. The third-order valence-electron chi connectivity index (χ3n) is 6.27. The first kappa shape index (κ1) is 18.8. The van der Waals surface area contributed by atoms with Gasteiger partial charge in [0.25, 0.3) is 5.91 Å². The highest BCUT2D eigenvalue weighted by molar-refractivity contribution is 6.05. The third kappa shape index (κ3) is 2.64. The number of hydrogen-bond donors (Lipinski definition) is 1. The van der Waals surface area contributed by atoms with E-state index in [1.807, 2.05) is 6.20 Å². The SMILES string of the molecule is COc1cccc(NC(=O)c2cn3cc(C45CC(C(F)F)(C4)C5)nc3cc2OC)n1. The van der Waals surface area contributed by atoms with Crippen molar-refractivity contribution in [1.29, 1.82) is 0 Å². The molecule has 0 atom stereocenters. The van der Waals surface area contributed by atoms with Crippen molar-refractivity contribution in [3.8, 4) is 11.6 Å². The molecule has 3 aromatic rings. The quantitative estimate of drug-likeness (QED) is 0.666. The van der Waals surface area contributed by atoms with Gasteiger partial charge in [0.1, 0.15) is 17.2 Å². The van der Waals surface area contributed by atoms with E-state index in [4.69, 9.17) is 9.47 Å². The van der Waals surface area contributed by atoms with Crippen LogP contribution in [0, 0.1) is 5.41 Å². The lowest BCUT2D eigenvalue weighted by atomic mass is 9.34. The second-order valence-corrected chi connectivity index (χ2v) is 8.14. The number of nitrogens with zero attached hydrogens (tertiary/aromatic N) is 3. The Morgan fingerprint density at radius 3 is 2.60 bits per heavy atom. The summed E-state index contributed by atoms with van der Waals surface area (Å²) < 4.78 is 38.5. The van der Waals surface area contributed by atoms with E-state index in [9.17, 15) is 13.6 Å². The molecule has 3 saturated carbocycles. The zero-order valence-corrected chi connectivity index (χ0v) is 16.5. The van der Waals surface area contributed by atoms with Crippen LogP contribution in [0.25, 0.3) is 5.65 Å². The number of aromatic nitrogens is 3. The fourth-order valence-corrected chi connectivity index (χ4v) is 4.76. The maximum Gasteiger partial charge on any atom is 0.262 e. The molecule has 2 bridgehead atoms. The minimum absolute atomic E-state index is 0.261. The number of pyridine rings is 2. The second kappa shape index (κ2) is 6.38. The van der Waals surface area contributed by atoms with Gasteiger partial charge in [-0.1, -0.05) is 6.07 Å². The molecule has 0 saturated heterocycles. The highest BCUT2D eigenvalue weighted by atomic mass is 19.3. The number of alkyl halides is 2. The van der Waals surface area contributed by atoms with E-state index in [1.165, 1.54) is 14.2 Å². The first-order valence-corrected chi connectivity index (χ1v) is 9.56. The summed E-state index contributed by atoms with van der Waals surface area (Å²) in [5.74, 6) is 0.696. The van der Waals surface area contributed by atoms with E-state index in [2.05, 4.69) is 15.3 Å². The van der Waals surface area contributed by atoms with Crippen molar-refractivity contribution in [1.82, 2.24) is 14.4 Å². The number of amides is 1. The van der Waals surface area contributed by atoms with Crippen molar-refractivity contribution in [2.24, 2.45) is 5.41 Å². The van der Waals surface area contributed by atoms with Gasteiger partial charge in [-0.15, -0.1) is 0 Å². The molecule has 7 nitrogen and oxygen atoms in total. The molecule has 0 unspecified atom stereocenters. The maximum atomic E-state index is 13.2. The molecule has 3 fully saturated rings. The topological polar surface area (TPSA) is 77.8 Å². The number of imidazole rings is 1. The van der Waals surface area contributed by atoms with Crippen LogP contribution < -0.4 is 14.8 Å². The maximum absolute atomic E-state index is 13.2. The highest BCUT2D eigenvalue weighted by Crippen LogP contribution is 2.75. The number of halogens is 2. The Balaban J connectivity index is 1.43. The summed E-state index contributed by atoms with van der Waals surface area (Å²) in [6.07, 6.45) is 2.57. The van der Waals surface area contributed by atoms with E-state index in [1.54, 1.807) is 34.9 Å². The summed E-state index contributed by atoms with van der Waals surface area (Å²) in [7, 11) is 2.97. The second-order valence-electron chi connectivity index (χ2n) is 8.14. The number of anilines is 1. The van der Waals surface area contributed by atoms with Gasteiger partial charge in [-0.05, 0) is 25.3 Å². The molecule has 156 valence electrons. The number of fused-ring (bicyclic) bond motifs is 1. The molecule has 6 rings (SSSR count). The zero-order chi connectivity index (χ0) is 21.1. The van der Waals surface area contributed by atoms with Gasteiger partial charge in [-0.25, -0.2) is 13.8 Å². The summed E-state index contributed by atoms with van der Waals surface area (Å²) in [6, 6.07) is 6.73. The number of carbonyl (C=O) groups excluding carboxylic acids is 1. The first-order chi connectivity index (χ1) is 14.4. The average Bonchev–Trinajstić information content (AvgIpc) is 3.07. The van der Waals surface area contributed by atoms with Gasteiger partial charge < -0.3 is 19.2 Å². The van der Waals surface area contributed by atoms with Crippen molar-refractivity contribution < 1.29 is 23.0 Å². The molecular weight excluding hydrogens is 394 g/mol. The van der Waals surface area contributed by atoms with Crippen LogP contribution in [0.1, 0.15) is 35.3 Å². The first-order valence-electron chi connectivity index (χ1n) is 9.56. The molecule has 0 spiro atoms. The molecule has 0 aromatic carbocycles. The summed E-state index contributed by atoms with van der Waals surface area (Å²) in [5.41, 5.74) is 0.623. The summed E-state index contributed by atoms with van der Waals surface area (Å²) in [4.78, 5) is 21.7. The molecule has 3 aliphatic carbocycles. The minimum atomic E-state index is -2.28. The fourth-order valence-electron chi connectivity index (χ4n) is 4.76. The monoisotopic (exact) mass is 414 g/mol. The lowest BCUT2D eigenvalue weighted by Gasteiger charge is -2.69. The number of rotatable bonds is 6. The molecule has 0 aliphatic heterocycles. The predicted molar refractivity (Wildman–Crippen MR) is 104 cm³/mol. The van der Waals surface area contributed by atoms with Crippen LogP contribution in [0.5, 0.6) is 11.6 Å². The highest BCUT2D eigenvalue weighted by Gasteiger charge is 2.73. The van der Waals surface area contributed by atoms with E-state index in [0.29, 0.717) is 47.9 Å². The normalized spacial score (nSPS) is 24.3.